The second kappa shape index (κ2) is 7.16. The maximum atomic E-state index is 12.6. The van der Waals surface area contributed by atoms with Gasteiger partial charge in [-0.3, -0.25) is 20.4 Å². The number of carbonyl (C=O) groups excluding carboxylic acids is 2. The minimum atomic E-state index is -0.520. The van der Waals surface area contributed by atoms with E-state index in [0.29, 0.717) is 0 Å². The van der Waals surface area contributed by atoms with Gasteiger partial charge in [0.2, 0.25) is 11.8 Å². The Morgan fingerprint density at radius 1 is 0.889 bits per heavy atom. The Bertz CT molecular complexity index is 1010. The fraction of sp³-hybridized carbons (Fsp3) is 0.182. The fourth-order valence-electron chi connectivity index (χ4n) is 3.45. The molecule has 0 spiro atoms. The van der Waals surface area contributed by atoms with Gasteiger partial charge in [0.25, 0.3) is 0 Å². The number of nitrogens with one attached hydrogen (secondary N) is 2. The van der Waals surface area contributed by atoms with E-state index in [9.17, 15) is 9.59 Å². The van der Waals surface area contributed by atoms with E-state index >= 15 is 0 Å². The largest absolute Gasteiger partial charge is 0.273 e. The van der Waals surface area contributed by atoms with Crippen molar-refractivity contribution in [3.8, 4) is 0 Å². The van der Waals surface area contributed by atoms with Crippen molar-refractivity contribution in [1.82, 2.24) is 10.9 Å². The summed E-state index contributed by atoms with van der Waals surface area (Å²) in [5, 5.41) is 2.15. The van der Waals surface area contributed by atoms with Crippen LogP contribution >= 0.6 is 15.9 Å². The van der Waals surface area contributed by atoms with Crippen LogP contribution in [0.25, 0.3) is 10.8 Å². The summed E-state index contributed by atoms with van der Waals surface area (Å²) in [6, 6.07) is 21.6. The van der Waals surface area contributed by atoms with E-state index in [4.69, 9.17) is 0 Å². The number of hydrogen-bond donors (Lipinski definition) is 2. The van der Waals surface area contributed by atoms with Crippen molar-refractivity contribution in [3.63, 3.8) is 0 Å². The molecule has 1 aliphatic carbocycles. The first-order valence-corrected chi connectivity index (χ1v) is 9.70. The van der Waals surface area contributed by atoms with Crippen molar-refractivity contribution in [2.45, 2.75) is 24.7 Å². The Morgan fingerprint density at radius 2 is 1.59 bits per heavy atom. The minimum absolute atomic E-state index is 0.156. The topological polar surface area (TPSA) is 58.2 Å². The van der Waals surface area contributed by atoms with Gasteiger partial charge in [0.05, 0.1) is 11.8 Å². The summed E-state index contributed by atoms with van der Waals surface area (Å²) in [4.78, 5) is 25.0. The van der Waals surface area contributed by atoms with Gasteiger partial charge in [-0.05, 0) is 46.9 Å². The van der Waals surface area contributed by atoms with Gasteiger partial charge in [-0.2, -0.15) is 0 Å². The first kappa shape index (κ1) is 17.7. The first-order valence-electron chi connectivity index (χ1n) is 8.90. The average Bonchev–Trinajstić information content (AvgIpc) is 3.49. The molecule has 0 heterocycles. The molecule has 1 fully saturated rings. The van der Waals surface area contributed by atoms with E-state index < -0.39 is 5.41 Å². The summed E-state index contributed by atoms with van der Waals surface area (Å²) in [5.41, 5.74) is 6.59. The van der Waals surface area contributed by atoms with Gasteiger partial charge in [-0.1, -0.05) is 70.5 Å². The highest BCUT2D eigenvalue weighted by molar-refractivity contribution is 9.10. The van der Waals surface area contributed by atoms with Crippen molar-refractivity contribution in [3.05, 3.63) is 82.3 Å². The smallest absolute Gasteiger partial charge is 0.249 e. The molecule has 0 saturated heterocycles. The third kappa shape index (κ3) is 3.60. The van der Waals surface area contributed by atoms with Crippen LogP contribution in [0.5, 0.6) is 0 Å². The fourth-order valence-corrected chi connectivity index (χ4v) is 3.72. The number of carbonyl (C=O) groups is 2. The third-order valence-corrected chi connectivity index (χ3v) is 5.66. The molecule has 0 bridgehead atoms. The second-order valence-corrected chi connectivity index (χ2v) is 7.82. The van der Waals surface area contributed by atoms with Crippen LogP contribution in [0, 0.1) is 0 Å². The molecular weight excluding hydrogens is 404 g/mol. The SMILES string of the molecule is O=C(Cc1cccc2ccccc12)NNC(=O)C1(c2ccc(Br)cc2)CC1. The number of amides is 2. The molecule has 3 aromatic rings. The Kier molecular flexibility index (Phi) is 4.70. The Morgan fingerprint density at radius 3 is 2.33 bits per heavy atom. The molecule has 0 radical (unpaired) electrons. The lowest BCUT2D eigenvalue weighted by Crippen LogP contribution is -2.47. The van der Waals surface area contributed by atoms with Crippen LogP contribution in [0.4, 0.5) is 0 Å². The van der Waals surface area contributed by atoms with Crippen molar-refractivity contribution in [1.29, 1.82) is 0 Å². The summed E-state index contributed by atoms with van der Waals surface area (Å²) in [6.07, 6.45) is 1.80. The highest BCUT2D eigenvalue weighted by atomic mass is 79.9. The predicted molar refractivity (Wildman–Crippen MR) is 109 cm³/mol. The zero-order valence-electron chi connectivity index (χ0n) is 14.7. The number of rotatable bonds is 4. The monoisotopic (exact) mass is 422 g/mol. The normalized spacial score (nSPS) is 14.6. The molecular formula is C22H19BrN2O2. The van der Waals surface area contributed by atoms with Crippen molar-refractivity contribution in [2.75, 3.05) is 0 Å². The maximum Gasteiger partial charge on any atom is 0.249 e. The minimum Gasteiger partial charge on any atom is -0.273 e. The standard InChI is InChI=1S/C22H19BrN2O2/c23-18-10-8-17(9-11-18)22(12-13-22)21(27)25-24-20(26)14-16-6-3-5-15-4-1-2-7-19(15)16/h1-11H,12-14H2,(H,24,26)(H,25,27). The second-order valence-electron chi connectivity index (χ2n) is 6.91. The summed E-state index contributed by atoms with van der Waals surface area (Å²) in [7, 11) is 0. The molecule has 0 unspecified atom stereocenters. The molecule has 0 aromatic heterocycles. The van der Waals surface area contributed by atoms with Crippen LogP contribution in [-0.4, -0.2) is 11.8 Å². The lowest BCUT2D eigenvalue weighted by atomic mass is 9.95. The Labute approximate surface area is 166 Å². The molecule has 1 saturated carbocycles. The van der Waals surface area contributed by atoms with Crippen LogP contribution < -0.4 is 10.9 Å². The molecule has 2 N–H and O–H groups in total. The molecule has 5 heteroatoms. The van der Waals surface area contributed by atoms with Gasteiger partial charge >= 0.3 is 0 Å². The number of fused-ring (bicyclic) bond motifs is 1. The molecule has 136 valence electrons. The van der Waals surface area contributed by atoms with Crippen molar-refractivity contribution < 1.29 is 9.59 Å². The van der Waals surface area contributed by atoms with E-state index in [1.54, 1.807) is 0 Å². The number of benzene rings is 3. The van der Waals surface area contributed by atoms with Gasteiger partial charge in [-0.25, -0.2) is 0 Å². The van der Waals surface area contributed by atoms with E-state index in [2.05, 4.69) is 26.8 Å². The molecule has 27 heavy (non-hydrogen) atoms. The molecule has 4 nitrogen and oxygen atoms in total. The summed E-state index contributed by atoms with van der Waals surface area (Å²) in [6.45, 7) is 0. The summed E-state index contributed by atoms with van der Waals surface area (Å²) in [5.74, 6) is -0.387. The van der Waals surface area contributed by atoms with Crippen molar-refractivity contribution in [2.24, 2.45) is 0 Å². The molecule has 2 amide bonds. The molecule has 1 aliphatic rings. The number of halogens is 1. The molecule has 0 aliphatic heterocycles. The summed E-state index contributed by atoms with van der Waals surface area (Å²) >= 11 is 3.41. The molecule has 0 atom stereocenters. The van der Waals surface area contributed by atoms with Crippen LogP contribution in [-0.2, 0) is 21.4 Å². The van der Waals surface area contributed by atoms with Gasteiger partial charge in [0.1, 0.15) is 0 Å². The highest BCUT2D eigenvalue weighted by Gasteiger charge is 2.51. The van der Waals surface area contributed by atoms with E-state index in [-0.39, 0.29) is 18.2 Å². The predicted octanol–water partition coefficient (Wildman–Crippen LogP) is 4.02. The Balaban J connectivity index is 1.40. The zero-order valence-corrected chi connectivity index (χ0v) is 16.3. The van der Waals surface area contributed by atoms with Crippen LogP contribution in [0.3, 0.4) is 0 Å². The summed E-state index contributed by atoms with van der Waals surface area (Å²) < 4.78 is 0.978. The maximum absolute atomic E-state index is 12.6. The first-order chi connectivity index (χ1) is 13.1. The number of hydrogen-bond acceptors (Lipinski definition) is 2. The number of hydrazine groups is 1. The Hall–Kier alpha value is -2.66. The third-order valence-electron chi connectivity index (χ3n) is 5.13. The van der Waals surface area contributed by atoms with Gasteiger partial charge in [0, 0.05) is 4.47 Å². The van der Waals surface area contributed by atoms with E-state index in [1.165, 1.54) is 0 Å². The lowest BCUT2D eigenvalue weighted by Gasteiger charge is -2.16. The quantitative estimate of drug-likeness (QED) is 0.623. The van der Waals surface area contributed by atoms with Crippen LogP contribution in [0.1, 0.15) is 24.0 Å². The molecule has 4 rings (SSSR count). The van der Waals surface area contributed by atoms with E-state index in [1.807, 2.05) is 66.7 Å². The highest BCUT2D eigenvalue weighted by Crippen LogP contribution is 2.48. The lowest BCUT2D eigenvalue weighted by molar-refractivity contribution is -0.130. The van der Waals surface area contributed by atoms with Gasteiger partial charge < -0.3 is 0 Å². The average molecular weight is 423 g/mol. The van der Waals surface area contributed by atoms with Crippen LogP contribution in [0.15, 0.2) is 71.2 Å². The van der Waals surface area contributed by atoms with E-state index in [0.717, 1.165) is 39.2 Å². The molecule has 3 aromatic carbocycles. The van der Waals surface area contributed by atoms with Gasteiger partial charge in [-0.15, -0.1) is 0 Å². The van der Waals surface area contributed by atoms with Crippen molar-refractivity contribution >= 4 is 38.5 Å². The van der Waals surface area contributed by atoms with Crippen LogP contribution in [0.2, 0.25) is 0 Å². The van der Waals surface area contributed by atoms with Gasteiger partial charge in [0.15, 0.2) is 0 Å². The zero-order chi connectivity index (χ0) is 18.9.